The lowest BCUT2D eigenvalue weighted by atomic mass is 10.1. The fourth-order valence-corrected chi connectivity index (χ4v) is 3.11. The van der Waals surface area contributed by atoms with E-state index in [2.05, 4.69) is 39.9 Å². The molecular formula is C12H30NO2PS2. The third-order valence-corrected chi connectivity index (χ3v) is 4.70. The number of hydrogen-bond donors (Lipinski definition) is 2. The van der Waals surface area contributed by atoms with Crippen LogP contribution < -0.4 is 6.15 Å². The molecule has 18 heavy (non-hydrogen) atoms. The van der Waals surface area contributed by atoms with Crippen LogP contribution >= 0.6 is 17.9 Å². The zero-order valence-electron chi connectivity index (χ0n) is 12.2. The van der Waals surface area contributed by atoms with E-state index in [1.54, 1.807) is 0 Å². The summed E-state index contributed by atoms with van der Waals surface area (Å²) in [6.45, 7) is 10.2. The van der Waals surface area contributed by atoms with Crippen molar-refractivity contribution in [2.45, 2.75) is 53.4 Å². The van der Waals surface area contributed by atoms with Crippen LogP contribution in [0.2, 0.25) is 0 Å². The topological polar surface area (TPSA) is 53.5 Å². The number of thiol groups is 1. The van der Waals surface area contributed by atoms with Crippen molar-refractivity contribution in [3.05, 3.63) is 0 Å². The van der Waals surface area contributed by atoms with Crippen LogP contribution in [-0.4, -0.2) is 13.2 Å². The van der Waals surface area contributed by atoms with Gasteiger partial charge in [0.1, 0.15) is 0 Å². The van der Waals surface area contributed by atoms with Crippen LogP contribution in [0.5, 0.6) is 0 Å². The van der Waals surface area contributed by atoms with Crippen molar-refractivity contribution in [1.29, 1.82) is 0 Å². The highest BCUT2D eigenvalue weighted by atomic mass is 32.9. The van der Waals surface area contributed by atoms with Crippen molar-refractivity contribution in [1.82, 2.24) is 6.15 Å². The van der Waals surface area contributed by atoms with Crippen LogP contribution in [0.3, 0.4) is 0 Å². The van der Waals surface area contributed by atoms with Gasteiger partial charge in [-0.05, 0) is 49.3 Å². The highest BCUT2D eigenvalue weighted by molar-refractivity contribution is 8.60. The van der Waals surface area contributed by atoms with Gasteiger partial charge in [-0.15, -0.1) is 0 Å². The minimum atomic E-state index is -2.28. The Hall–Kier alpha value is 0.880. The molecule has 0 aliphatic rings. The lowest BCUT2D eigenvalue weighted by Crippen LogP contribution is -1.98. The standard InChI is InChI=1S/C12H27O2PS2.H3N/c1-11(2)7-5-9-13-15(16,17)14-10-6-8-12(3)4;/h11-12H,5-10H2,1-4H3,(H,16,17);1H3. The number of rotatable bonds is 10. The van der Waals surface area contributed by atoms with Gasteiger partial charge in [-0.3, -0.25) is 0 Å². The van der Waals surface area contributed by atoms with Gasteiger partial charge in [-0.25, -0.2) is 0 Å². The van der Waals surface area contributed by atoms with E-state index >= 15 is 0 Å². The molecule has 3 nitrogen and oxygen atoms in total. The summed E-state index contributed by atoms with van der Waals surface area (Å²) >= 11 is 9.55. The molecule has 0 spiro atoms. The van der Waals surface area contributed by atoms with E-state index in [-0.39, 0.29) is 6.15 Å². The molecule has 0 aliphatic heterocycles. The molecule has 0 saturated carbocycles. The Kier molecular flexibility index (Phi) is 13.8. The van der Waals surface area contributed by atoms with Crippen LogP contribution in [0.4, 0.5) is 0 Å². The Morgan fingerprint density at radius 2 is 1.28 bits per heavy atom. The minimum absolute atomic E-state index is 0. The molecule has 0 fully saturated rings. The molecule has 0 aromatic carbocycles. The van der Waals surface area contributed by atoms with E-state index in [1.807, 2.05) is 0 Å². The summed E-state index contributed by atoms with van der Waals surface area (Å²) in [5, 5.41) is 0. The van der Waals surface area contributed by atoms with Crippen molar-refractivity contribution in [2.24, 2.45) is 11.8 Å². The first-order valence-corrected chi connectivity index (χ1v) is 10.2. The molecule has 0 aromatic heterocycles. The molecule has 0 heterocycles. The first-order chi connectivity index (χ1) is 7.83. The average Bonchev–Trinajstić information content (AvgIpc) is 2.19. The molecule has 0 rings (SSSR count). The van der Waals surface area contributed by atoms with Gasteiger partial charge in [-0.2, -0.15) is 0 Å². The molecular weight excluding hydrogens is 285 g/mol. The summed E-state index contributed by atoms with van der Waals surface area (Å²) in [7, 11) is 0. The summed E-state index contributed by atoms with van der Waals surface area (Å²) in [5.41, 5.74) is -2.28. The Balaban J connectivity index is 0. The molecule has 0 radical (unpaired) electrons. The third-order valence-electron chi connectivity index (χ3n) is 2.36. The second kappa shape index (κ2) is 11.7. The molecule has 112 valence electrons. The maximum Gasteiger partial charge on any atom is 0.244 e. The normalized spacial score (nSPS) is 11.9. The SMILES string of the molecule is CC(C)CCCOP(=S)(S)OCCCC(C)C.N. The van der Waals surface area contributed by atoms with E-state index < -0.39 is 5.69 Å². The predicted octanol–water partition coefficient (Wildman–Crippen LogP) is 5.21. The summed E-state index contributed by atoms with van der Waals surface area (Å²) in [6.07, 6.45) is 4.39. The predicted molar refractivity (Wildman–Crippen MR) is 88.3 cm³/mol. The van der Waals surface area contributed by atoms with Crippen molar-refractivity contribution < 1.29 is 9.05 Å². The summed E-state index contributed by atoms with van der Waals surface area (Å²) in [5.74, 6) is 1.42. The van der Waals surface area contributed by atoms with Crippen LogP contribution in [0, 0.1) is 11.8 Å². The fourth-order valence-electron chi connectivity index (χ4n) is 1.38. The van der Waals surface area contributed by atoms with Crippen LogP contribution in [0.25, 0.3) is 0 Å². The van der Waals surface area contributed by atoms with Gasteiger partial charge in [-0.1, -0.05) is 39.9 Å². The Bertz CT molecular complexity index is 218. The maximum absolute atomic E-state index is 5.55. The molecule has 0 atom stereocenters. The molecule has 0 bridgehead atoms. The van der Waals surface area contributed by atoms with E-state index in [9.17, 15) is 0 Å². The highest BCUT2D eigenvalue weighted by Crippen LogP contribution is 2.53. The molecule has 3 N–H and O–H groups in total. The maximum atomic E-state index is 5.55. The summed E-state index contributed by atoms with van der Waals surface area (Å²) in [6, 6.07) is 0. The van der Waals surface area contributed by atoms with Crippen molar-refractivity contribution in [3.8, 4) is 0 Å². The molecule has 0 amide bonds. The van der Waals surface area contributed by atoms with Gasteiger partial charge >= 0.3 is 0 Å². The van der Waals surface area contributed by atoms with Gasteiger partial charge in [0.15, 0.2) is 0 Å². The van der Waals surface area contributed by atoms with Crippen LogP contribution in [-0.2, 0) is 20.9 Å². The molecule has 0 unspecified atom stereocenters. The van der Waals surface area contributed by atoms with Gasteiger partial charge in [0.2, 0.25) is 5.69 Å². The molecule has 0 saturated heterocycles. The van der Waals surface area contributed by atoms with E-state index in [0.29, 0.717) is 25.0 Å². The summed E-state index contributed by atoms with van der Waals surface area (Å²) in [4.78, 5) is 0. The Morgan fingerprint density at radius 3 is 1.56 bits per heavy atom. The molecule has 0 aliphatic carbocycles. The van der Waals surface area contributed by atoms with Crippen molar-refractivity contribution in [2.75, 3.05) is 13.2 Å². The van der Waals surface area contributed by atoms with E-state index in [0.717, 1.165) is 25.7 Å². The fraction of sp³-hybridized carbons (Fsp3) is 1.00. The van der Waals surface area contributed by atoms with E-state index in [1.165, 1.54) is 0 Å². The average molecular weight is 315 g/mol. The van der Waals surface area contributed by atoms with Gasteiger partial charge in [0.25, 0.3) is 0 Å². The number of hydrogen-bond acceptors (Lipinski definition) is 4. The van der Waals surface area contributed by atoms with Gasteiger partial charge in [0.05, 0.1) is 13.2 Å². The van der Waals surface area contributed by atoms with Crippen LogP contribution in [0.1, 0.15) is 53.4 Å². The monoisotopic (exact) mass is 315 g/mol. The zero-order chi connectivity index (χ0) is 13.3. The molecule has 6 heteroatoms. The second-order valence-corrected chi connectivity index (χ2v) is 10.5. The van der Waals surface area contributed by atoms with Crippen molar-refractivity contribution in [3.63, 3.8) is 0 Å². The highest BCUT2D eigenvalue weighted by Gasteiger charge is 2.12. The van der Waals surface area contributed by atoms with Crippen molar-refractivity contribution >= 4 is 29.7 Å². The van der Waals surface area contributed by atoms with Gasteiger partial charge < -0.3 is 15.2 Å². The second-order valence-electron chi connectivity index (χ2n) is 5.21. The summed E-state index contributed by atoms with van der Waals surface area (Å²) < 4.78 is 11.1. The Labute approximate surface area is 123 Å². The lowest BCUT2D eigenvalue weighted by Gasteiger charge is -2.17. The smallest absolute Gasteiger partial charge is 0.244 e. The third kappa shape index (κ3) is 14.9. The first kappa shape index (κ1) is 21.2. The largest absolute Gasteiger partial charge is 0.344 e. The lowest BCUT2D eigenvalue weighted by molar-refractivity contribution is 0.245. The van der Waals surface area contributed by atoms with E-state index in [4.69, 9.17) is 20.9 Å². The minimum Gasteiger partial charge on any atom is -0.344 e. The van der Waals surface area contributed by atoms with Gasteiger partial charge in [0, 0.05) is 0 Å². The quantitative estimate of drug-likeness (QED) is 0.330. The Morgan fingerprint density at radius 1 is 0.944 bits per heavy atom. The zero-order valence-corrected chi connectivity index (χ0v) is 14.8. The van der Waals surface area contributed by atoms with Crippen LogP contribution in [0.15, 0.2) is 0 Å². The first-order valence-electron chi connectivity index (χ1n) is 6.45. The molecule has 0 aromatic rings.